The van der Waals surface area contributed by atoms with Gasteiger partial charge in [-0.05, 0) is 81.1 Å². The minimum atomic E-state index is -0.145. The molecule has 0 aromatic heterocycles. The molecule has 4 saturated carbocycles. The molecule has 1 aliphatic heterocycles. The summed E-state index contributed by atoms with van der Waals surface area (Å²) in [5.41, 5.74) is 0.225. The van der Waals surface area contributed by atoms with Crippen LogP contribution >= 0.6 is 0 Å². The summed E-state index contributed by atoms with van der Waals surface area (Å²) in [6.07, 6.45) is 10.8. The van der Waals surface area contributed by atoms with Crippen molar-refractivity contribution in [2.45, 2.75) is 71.1 Å². The summed E-state index contributed by atoms with van der Waals surface area (Å²) in [6, 6.07) is 0. The number of rotatable bonds is 11. The summed E-state index contributed by atoms with van der Waals surface area (Å²) in [4.78, 5) is 26.9. The predicted octanol–water partition coefficient (Wildman–Crippen LogP) is 3.82. The Morgan fingerprint density at radius 3 is 2.13 bits per heavy atom. The molecule has 0 amide bonds. The van der Waals surface area contributed by atoms with Crippen LogP contribution in [-0.2, 0) is 23.8 Å². The SMILES string of the molecule is CC(COC(=O)CCCCN1CCOCC1)COC(=O)CC12CC3CC(CC(C3)C1)C2. The third-order valence-electron chi connectivity index (χ3n) is 7.95. The molecule has 176 valence electrons. The van der Waals surface area contributed by atoms with Crippen molar-refractivity contribution < 1.29 is 23.8 Å². The molecule has 0 radical (unpaired) electrons. The molecule has 0 N–H and O–H groups in total. The highest BCUT2D eigenvalue weighted by molar-refractivity contribution is 5.70. The van der Waals surface area contributed by atoms with Gasteiger partial charge in [0.05, 0.1) is 32.8 Å². The van der Waals surface area contributed by atoms with Gasteiger partial charge in [0.25, 0.3) is 0 Å². The fourth-order valence-electron chi connectivity index (χ4n) is 6.88. The van der Waals surface area contributed by atoms with Gasteiger partial charge in [0.15, 0.2) is 0 Å². The molecule has 4 bridgehead atoms. The van der Waals surface area contributed by atoms with E-state index in [1.165, 1.54) is 38.5 Å². The summed E-state index contributed by atoms with van der Waals surface area (Å²) >= 11 is 0. The van der Waals surface area contributed by atoms with Crippen molar-refractivity contribution in [3.63, 3.8) is 0 Å². The molecular weight excluding hydrogens is 394 g/mol. The van der Waals surface area contributed by atoms with E-state index in [9.17, 15) is 9.59 Å². The summed E-state index contributed by atoms with van der Waals surface area (Å²) in [7, 11) is 0. The van der Waals surface area contributed by atoms with Crippen LogP contribution in [0.15, 0.2) is 0 Å². The second-order valence-corrected chi connectivity index (χ2v) is 11.0. The Hall–Kier alpha value is -1.14. The van der Waals surface area contributed by atoms with Crippen molar-refractivity contribution in [2.24, 2.45) is 29.1 Å². The smallest absolute Gasteiger partial charge is 0.306 e. The van der Waals surface area contributed by atoms with E-state index in [1.54, 1.807) is 0 Å². The number of carbonyl (C=O) groups is 2. The van der Waals surface area contributed by atoms with Crippen molar-refractivity contribution in [1.82, 2.24) is 4.90 Å². The average molecular weight is 436 g/mol. The number of carbonyl (C=O) groups excluding carboxylic acids is 2. The molecule has 0 aromatic carbocycles. The molecule has 1 saturated heterocycles. The Balaban J connectivity index is 1.05. The third-order valence-corrected chi connectivity index (χ3v) is 7.95. The lowest BCUT2D eigenvalue weighted by molar-refractivity contribution is -0.154. The van der Waals surface area contributed by atoms with Crippen LogP contribution in [0.4, 0.5) is 0 Å². The first kappa shape index (κ1) is 23.0. The number of unbranched alkanes of at least 4 members (excludes halogenated alkanes) is 1. The standard InChI is InChI=1S/C25H41NO5/c1-19(17-30-23(27)4-2-3-5-26-6-8-29-9-7-26)18-31-24(28)16-25-13-20-10-21(14-25)12-22(11-20)15-25/h19-22H,2-18H2,1H3. The zero-order valence-corrected chi connectivity index (χ0v) is 19.3. The van der Waals surface area contributed by atoms with E-state index >= 15 is 0 Å². The van der Waals surface area contributed by atoms with Crippen molar-refractivity contribution >= 4 is 11.9 Å². The van der Waals surface area contributed by atoms with Gasteiger partial charge < -0.3 is 14.2 Å². The molecule has 5 fully saturated rings. The molecule has 1 unspecified atom stereocenters. The maximum absolute atomic E-state index is 12.5. The van der Waals surface area contributed by atoms with Gasteiger partial charge in [-0.1, -0.05) is 6.92 Å². The zero-order valence-electron chi connectivity index (χ0n) is 19.3. The fraction of sp³-hybridized carbons (Fsp3) is 0.920. The zero-order chi connectivity index (χ0) is 21.7. The Labute approximate surface area is 187 Å². The molecule has 0 aromatic rings. The Bertz CT molecular complexity index is 580. The van der Waals surface area contributed by atoms with Crippen LogP contribution < -0.4 is 0 Å². The van der Waals surface area contributed by atoms with Crippen molar-refractivity contribution in [1.29, 1.82) is 0 Å². The second-order valence-electron chi connectivity index (χ2n) is 11.0. The summed E-state index contributed by atoms with van der Waals surface area (Å²) < 4.78 is 16.3. The van der Waals surface area contributed by atoms with Crippen LogP contribution in [0.5, 0.6) is 0 Å². The average Bonchev–Trinajstić information content (AvgIpc) is 2.73. The molecule has 5 rings (SSSR count). The van der Waals surface area contributed by atoms with Crippen LogP contribution in [0.3, 0.4) is 0 Å². The van der Waals surface area contributed by atoms with Gasteiger partial charge in [-0.15, -0.1) is 0 Å². The molecular formula is C25H41NO5. The minimum absolute atomic E-state index is 0.0395. The summed E-state index contributed by atoms with van der Waals surface area (Å²) in [5, 5.41) is 0. The highest BCUT2D eigenvalue weighted by atomic mass is 16.5. The van der Waals surface area contributed by atoms with Gasteiger partial charge in [0, 0.05) is 25.4 Å². The van der Waals surface area contributed by atoms with E-state index in [-0.39, 0.29) is 23.3 Å². The van der Waals surface area contributed by atoms with Crippen molar-refractivity contribution in [3.8, 4) is 0 Å². The van der Waals surface area contributed by atoms with Crippen LogP contribution in [0, 0.1) is 29.1 Å². The quantitative estimate of drug-likeness (QED) is 0.363. The van der Waals surface area contributed by atoms with E-state index in [0.29, 0.717) is 26.1 Å². The van der Waals surface area contributed by atoms with Gasteiger partial charge in [0.2, 0.25) is 0 Å². The Morgan fingerprint density at radius 1 is 0.935 bits per heavy atom. The van der Waals surface area contributed by atoms with E-state index in [4.69, 9.17) is 14.2 Å². The fourth-order valence-corrected chi connectivity index (χ4v) is 6.88. The number of esters is 2. The highest BCUT2D eigenvalue weighted by Gasteiger charge is 2.51. The van der Waals surface area contributed by atoms with Gasteiger partial charge in [0.1, 0.15) is 0 Å². The number of hydrogen-bond donors (Lipinski definition) is 0. The molecule has 31 heavy (non-hydrogen) atoms. The van der Waals surface area contributed by atoms with E-state index in [0.717, 1.165) is 63.4 Å². The Morgan fingerprint density at radius 2 is 1.52 bits per heavy atom. The largest absolute Gasteiger partial charge is 0.465 e. The van der Waals surface area contributed by atoms with Crippen LogP contribution in [-0.4, -0.2) is 62.9 Å². The molecule has 1 heterocycles. The molecule has 4 aliphatic carbocycles. The van der Waals surface area contributed by atoms with E-state index in [2.05, 4.69) is 4.90 Å². The first-order chi connectivity index (χ1) is 15.0. The van der Waals surface area contributed by atoms with Crippen LogP contribution in [0.1, 0.15) is 71.1 Å². The first-order valence-corrected chi connectivity index (χ1v) is 12.6. The number of hydrogen-bond acceptors (Lipinski definition) is 6. The number of morpholine rings is 1. The normalized spacial score (nSPS) is 33.3. The maximum atomic E-state index is 12.5. The Kier molecular flexibility index (Phi) is 7.91. The van der Waals surface area contributed by atoms with Gasteiger partial charge in [-0.3, -0.25) is 14.5 Å². The molecule has 6 heteroatoms. The van der Waals surface area contributed by atoms with E-state index in [1.807, 2.05) is 6.92 Å². The maximum Gasteiger partial charge on any atom is 0.306 e. The van der Waals surface area contributed by atoms with Crippen molar-refractivity contribution in [3.05, 3.63) is 0 Å². The lowest BCUT2D eigenvalue weighted by atomic mass is 9.49. The van der Waals surface area contributed by atoms with Gasteiger partial charge in [-0.25, -0.2) is 0 Å². The molecule has 1 atom stereocenters. The second kappa shape index (κ2) is 10.7. The number of ether oxygens (including phenoxy) is 3. The highest BCUT2D eigenvalue weighted by Crippen LogP contribution is 2.61. The molecule has 6 nitrogen and oxygen atoms in total. The van der Waals surface area contributed by atoms with Crippen LogP contribution in [0.25, 0.3) is 0 Å². The number of nitrogens with zero attached hydrogens (tertiary/aromatic N) is 1. The van der Waals surface area contributed by atoms with Crippen LogP contribution in [0.2, 0.25) is 0 Å². The monoisotopic (exact) mass is 435 g/mol. The molecule has 5 aliphatic rings. The van der Waals surface area contributed by atoms with Gasteiger partial charge in [-0.2, -0.15) is 0 Å². The van der Waals surface area contributed by atoms with E-state index < -0.39 is 0 Å². The minimum Gasteiger partial charge on any atom is -0.465 e. The van der Waals surface area contributed by atoms with Crippen molar-refractivity contribution in [2.75, 3.05) is 46.1 Å². The topological polar surface area (TPSA) is 65.1 Å². The summed E-state index contributed by atoms with van der Waals surface area (Å²) in [6.45, 7) is 7.27. The van der Waals surface area contributed by atoms with Gasteiger partial charge >= 0.3 is 11.9 Å². The first-order valence-electron chi connectivity index (χ1n) is 12.6. The third kappa shape index (κ3) is 6.67. The lowest BCUT2D eigenvalue weighted by Crippen LogP contribution is -2.47. The summed E-state index contributed by atoms with van der Waals surface area (Å²) in [5.74, 6) is 2.40. The predicted molar refractivity (Wildman–Crippen MR) is 117 cm³/mol. The molecule has 0 spiro atoms. The lowest BCUT2D eigenvalue weighted by Gasteiger charge is -2.56.